The summed E-state index contributed by atoms with van der Waals surface area (Å²) in [6.07, 6.45) is 0.786. The predicted octanol–water partition coefficient (Wildman–Crippen LogP) is 2.26. The van der Waals surface area contributed by atoms with Gasteiger partial charge in [-0.25, -0.2) is 0 Å². The summed E-state index contributed by atoms with van der Waals surface area (Å²) >= 11 is 0. The third kappa shape index (κ3) is 0.882. The Morgan fingerprint density at radius 3 is 2.00 bits per heavy atom. The molecule has 0 aromatic carbocycles. The van der Waals surface area contributed by atoms with Crippen LogP contribution in [-0.2, 0) is 4.79 Å². The van der Waals surface area contributed by atoms with Gasteiger partial charge in [-0.1, -0.05) is 27.7 Å². The standard InChI is InChI=1S/C9H16O/c1-6-5-8(10)7(2)9(6,3)4/h6-7H,5H2,1-4H3. The second-order valence-electron chi connectivity index (χ2n) is 4.11. The molecule has 0 aliphatic heterocycles. The number of hydrogen-bond donors (Lipinski definition) is 0. The highest BCUT2D eigenvalue weighted by atomic mass is 16.1. The summed E-state index contributed by atoms with van der Waals surface area (Å²) in [4.78, 5) is 11.2. The molecule has 1 fully saturated rings. The summed E-state index contributed by atoms with van der Waals surface area (Å²) in [6.45, 7) is 8.59. The summed E-state index contributed by atoms with van der Waals surface area (Å²) in [7, 11) is 0. The fourth-order valence-corrected chi connectivity index (χ4v) is 1.58. The topological polar surface area (TPSA) is 17.1 Å². The van der Waals surface area contributed by atoms with Crippen molar-refractivity contribution in [3.8, 4) is 0 Å². The maximum Gasteiger partial charge on any atom is 0.136 e. The zero-order valence-corrected chi connectivity index (χ0v) is 7.27. The van der Waals surface area contributed by atoms with E-state index in [1.165, 1.54) is 0 Å². The molecule has 58 valence electrons. The van der Waals surface area contributed by atoms with Crippen molar-refractivity contribution in [2.24, 2.45) is 17.3 Å². The summed E-state index contributed by atoms with van der Waals surface area (Å²) in [5.41, 5.74) is 0.233. The van der Waals surface area contributed by atoms with Crippen molar-refractivity contribution in [1.29, 1.82) is 0 Å². The first-order chi connectivity index (χ1) is 4.46. The third-order valence-corrected chi connectivity index (χ3v) is 3.38. The Balaban J connectivity index is 2.85. The molecule has 0 radical (unpaired) electrons. The predicted molar refractivity (Wildman–Crippen MR) is 41.7 cm³/mol. The van der Waals surface area contributed by atoms with E-state index in [9.17, 15) is 4.79 Å². The van der Waals surface area contributed by atoms with Crippen molar-refractivity contribution >= 4 is 5.78 Å². The van der Waals surface area contributed by atoms with E-state index in [2.05, 4.69) is 20.8 Å². The van der Waals surface area contributed by atoms with Crippen molar-refractivity contribution in [1.82, 2.24) is 0 Å². The second-order valence-corrected chi connectivity index (χ2v) is 4.11. The van der Waals surface area contributed by atoms with Crippen LogP contribution in [0.3, 0.4) is 0 Å². The molecular formula is C9H16O. The van der Waals surface area contributed by atoms with Crippen molar-refractivity contribution in [3.63, 3.8) is 0 Å². The van der Waals surface area contributed by atoms with E-state index in [-0.39, 0.29) is 11.3 Å². The lowest BCUT2D eigenvalue weighted by Gasteiger charge is -2.26. The number of rotatable bonds is 0. The Morgan fingerprint density at radius 1 is 1.40 bits per heavy atom. The molecule has 0 bridgehead atoms. The lowest BCUT2D eigenvalue weighted by molar-refractivity contribution is -0.121. The minimum atomic E-state index is 0.233. The minimum Gasteiger partial charge on any atom is -0.299 e. The average Bonchev–Trinajstić information content (AvgIpc) is 1.97. The number of carbonyl (C=O) groups excluding carboxylic acids is 1. The molecule has 0 aromatic rings. The molecule has 0 aromatic heterocycles. The van der Waals surface area contributed by atoms with Crippen LogP contribution < -0.4 is 0 Å². The van der Waals surface area contributed by atoms with Gasteiger partial charge >= 0.3 is 0 Å². The van der Waals surface area contributed by atoms with Gasteiger partial charge in [0.05, 0.1) is 0 Å². The maximum absolute atomic E-state index is 11.2. The number of Topliss-reactive ketones (excluding diaryl/α,β-unsaturated/α-hetero) is 1. The quantitative estimate of drug-likeness (QED) is 0.504. The Labute approximate surface area is 62.8 Å². The molecule has 0 amide bonds. The zero-order chi connectivity index (χ0) is 7.94. The summed E-state index contributed by atoms with van der Waals surface area (Å²) < 4.78 is 0. The van der Waals surface area contributed by atoms with Gasteiger partial charge in [0.2, 0.25) is 0 Å². The molecule has 1 nitrogen and oxygen atoms in total. The van der Waals surface area contributed by atoms with Gasteiger partial charge in [0.15, 0.2) is 0 Å². The highest BCUT2D eigenvalue weighted by Crippen LogP contribution is 2.44. The highest BCUT2D eigenvalue weighted by molar-refractivity contribution is 5.84. The Morgan fingerprint density at radius 2 is 1.90 bits per heavy atom. The molecule has 1 aliphatic carbocycles. The van der Waals surface area contributed by atoms with Crippen LogP contribution in [0.5, 0.6) is 0 Å². The molecular weight excluding hydrogens is 124 g/mol. The lowest BCUT2D eigenvalue weighted by Crippen LogP contribution is -2.22. The molecule has 0 spiro atoms. The van der Waals surface area contributed by atoms with Gasteiger partial charge < -0.3 is 0 Å². The van der Waals surface area contributed by atoms with Crippen LogP contribution in [0.25, 0.3) is 0 Å². The number of hydrogen-bond acceptors (Lipinski definition) is 1. The van der Waals surface area contributed by atoms with Crippen LogP contribution in [0.15, 0.2) is 0 Å². The highest BCUT2D eigenvalue weighted by Gasteiger charge is 2.43. The molecule has 2 unspecified atom stereocenters. The van der Waals surface area contributed by atoms with E-state index in [1.807, 2.05) is 6.92 Å². The van der Waals surface area contributed by atoms with Crippen LogP contribution in [-0.4, -0.2) is 5.78 Å². The minimum absolute atomic E-state index is 0.233. The lowest BCUT2D eigenvalue weighted by atomic mass is 9.77. The molecule has 0 N–H and O–H groups in total. The van der Waals surface area contributed by atoms with Crippen molar-refractivity contribution < 1.29 is 4.79 Å². The molecule has 1 saturated carbocycles. The maximum atomic E-state index is 11.2. The normalized spacial score (nSPS) is 38.6. The van der Waals surface area contributed by atoms with Crippen LogP contribution >= 0.6 is 0 Å². The molecule has 0 heterocycles. The fraction of sp³-hybridized carbons (Fsp3) is 0.889. The van der Waals surface area contributed by atoms with E-state index in [1.54, 1.807) is 0 Å². The zero-order valence-electron chi connectivity index (χ0n) is 7.27. The van der Waals surface area contributed by atoms with Gasteiger partial charge in [-0.2, -0.15) is 0 Å². The third-order valence-electron chi connectivity index (χ3n) is 3.38. The van der Waals surface area contributed by atoms with Crippen LogP contribution in [0, 0.1) is 17.3 Å². The molecule has 2 atom stereocenters. The SMILES string of the molecule is CC1CC(=O)C(C)C1(C)C. The van der Waals surface area contributed by atoms with E-state index >= 15 is 0 Å². The van der Waals surface area contributed by atoms with Crippen LogP contribution in [0.4, 0.5) is 0 Å². The van der Waals surface area contributed by atoms with E-state index in [4.69, 9.17) is 0 Å². The Bertz CT molecular complexity index is 158. The average molecular weight is 140 g/mol. The van der Waals surface area contributed by atoms with Gasteiger partial charge in [0, 0.05) is 12.3 Å². The largest absolute Gasteiger partial charge is 0.299 e. The summed E-state index contributed by atoms with van der Waals surface area (Å²) in [5, 5.41) is 0. The number of ketones is 1. The van der Waals surface area contributed by atoms with Crippen molar-refractivity contribution in [3.05, 3.63) is 0 Å². The Hall–Kier alpha value is -0.330. The molecule has 10 heavy (non-hydrogen) atoms. The van der Waals surface area contributed by atoms with Crippen LogP contribution in [0.2, 0.25) is 0 Å². The van der Waals surface area contributed by atoms with Gasteiger partial charge in [-0.15, -0.1) is 0 Å². The van der Waals surface area contributed by atoms with Crippen LogP contribution in [0.1, 0.15) is 34.1 Å². The van der Waals surface area contributed by atoms with Gasteiger partial charge in [-0.3, -0.25) is 4.79 Å². The first kappa shape index (κ1) is 7.77. The van der Waals surface area contributed by atoms with Gasteiger partial charge in [0.1, 0.15) is 5.78 Å². The summed E-state index contributed by atoms with van der Waals surface area (Å²) in [6, 6.07) is 0. The van der Waals surface area contributed by atoms with Crippen molar-refractivity contribution in [2.75, 3.05) is 0 Å². The number of carbonyl (C=O) groups is 1. The summed E-state index contributed by atoms with van der Waals surface area (Å²) in [5.74, 6) is 1.27. The second kappa shape index (κ2) is 2.08. The van der Waals surface area contributed by atoms with E-state index in [0.29, 0.717) is 11.7 Å². The monoisotopic (exact) mass is 140 g/mol. The molecule has 1 aliphatic rings. The van der Waals surface area contributed by atoms with E-state index < -0.39 is 0 Å². The molecule has 1 heteroatoms. The first-order valence-corrected chi connectivity index (χ1v) is 3.99. The first-order valence-electron chi connectivity index (χ1n) is 3.99. The fourth-order valence-electron chi connectivity index (χ4n) is 1.58. The van der Waals surface area contributed by atoms with Gasteiger partial charge in [0.25, 0.3) is 0 Å². The smallest absolute Gasteiger partial charge is 0.136 e. The van der Waals surface area contributed by atoms with Crippen molar-refractivity contribution in [2.45, 2.75) is 34.1 Å². The molecule has 0 saturated heterocycles. The molecule has 1 rings (SSSR count). The Kier molecular flexibility index (Phi) is 1.61. The van der Waals surface area contributed by atoms with Gasteiger partial charge in [-0.05, 0) is 11.3 Å². The van der Waals surface area contributed by atoms with E-state index in [0.717, 1.165) is 6.42 Å².